The Balaban J connectivity index is 2.50. The highest BCUT2D eigenvalue weighted by atomic mass is 35.5. The van der Waals surface area contributed by atoms with Gasteiger partial charge in [-0.25, -0.2) is 8.42 Å². The number of halogens is 6. The summed E-state index contributed by atoms with van der Waals surface area (Å²) < 4.78 is 66.0. The van der Waals surface area contributed by atoms with Gasteiger partial charge in [-0.05, 0) is 56.2 Å². The van der Waals surface area contributed by atoms with E-state index in [0.717, 1.165) is 23.3 Å². The minimum atomic E-state index is -4.86. The van der Waals surface area contributed by atoms with Gasteiger partial charge in [-0.3, -0.25) is 13.9 Å². The zero-order valence-corrected chi connectivity index (χ0v) is 24.0. The van der Waals surface area contributed by atoms with Crippen LogP contribution >= 0.6 is 34.8 Å². The third-order valence-corrected chi connectivity index (χ3v) is 7.94. The molecule has 0 fully saturated rings. The Morgan fingerprint density at radius 3 is 2.13 bits per heavy atom. The molecule has 2 amide bonds. The van der Waals surface area contributed by atoms with Crippen LogP contribution in [0.2, 0.25) is 15.1 Å². The van der Waals surface area contributed by atoms with Gasteiger partial charge in [-0.2, -0.15) is 13.2 Å². The van der Waals surface area contributed by atoms with Crippen LogP contribution in [0.4, 0.5) is 18.9 Å². The average molecular weight is 617 g/mol. The van der Waals surface area contributed by atoms with Crippen LogP contribution in [-0.4, -0.2) is 50.0 Å². The Bertz CT molecular complexity index is 1290. The first-order chi connectivity index (χ1) is 17.4. The normalized spacial score (nSPS) is 13.5. The summed E-state index contributed by atoms with van der Waals surface area (Å²) in [7, 11) is -4.24. The molecule has 0 saturated heterocycles. The lowest BCUT2D eigenvalue weighted by atomic mass is 10.1. The summed E-state index contributed by atoms with van der Waals surface area (Å²) in [5.41, 5.74) is -1.18. The SMILES string of the molecule is CC[C@@H](C)NC(=O)[C@H](C)N(Cc1ccc(Cl)c(Cl)c1)C(=O)CN(c1ccc(Cl)c(C(F)(F)F)c1)S(C)(=O)=O. The van der Waals surface area contributed by atoms with Crippen molar-refractivity contribution in [2.45, 2.75) is 52.0 Å². The van der Waals surface area contributed by atoms with E-state index in [4.69, 9.17) is 34.8 Å². The first-order valence-electron chi connectivity index (χ1n) is 11.3. The van der Waals surface area contributed by atoms with Crippen LogP contribution in [0.5, 0.6) is 0 Å². The number of alkyl halides is 3. The van der Waals surface area contributed by atoms with E-state index in [-0.39, 0.29) is 22.6 Å². The molecular formula is C24H27Cl3F3N3O4S. The molecular weight excluding hydrogens is 590 g/mol. The zero-order chi connectivity index (χ0) is 29.0. The van der Waals surface area contributed by atoms with Gasteiger partial charge < -0.3 is 10.2 Å². The van der Waals surface area contributed by atoms with E-state index < -0.39 is 56.9 Å². The predicted octanol–water partition coefficient (Wildman–Crippen LogP) is 5.76. The van der Waals surface area contributed by atoms with Crippen molar-refractivity contribution < 1.29 is 31.2 Å². The van der Waals surface area contributed by atoms with Crippen LogP contribution in [-0.2, 0) is 32.3 Å². The highest BCUT2D eigenvalue weighted by Gasteiger charge is 2.35. The lowest BCUT2D eigenvalue weighted by molar-refractivity contribution is -0.139. The number of hydrogen-bond donors (Lipinski definition) is 1. The molecule has 14 heteroatoms. The fourth-order valence-corrected chi connectivity index (χ4v) is 4.77. The number of hydrogen-bond acceptors (Lipinski definition) is 4. The van der Waals surface area contributed by atoms with E-state index in [1.54, 1.807) is 13.0 Å². The molecule has 0 aliphatic heterocycles. The highest BCUT2D eigenvalue weighted by molar-refractivity contribution is 7.92. The van der Waals surface area contributed by atoms with Crippen molar-refractivity contribution in [3.05, 3.63) is 62.6 Å². The minimum Gasteiger partial charge on any atom is -0.352 e. The number of carbonyl (C=O) groups is 2. The molecule has 2 aromatic rings. The fraction of sp³-hybridized carbons (Fsp3) is 0.417. The van der Waals surface area contributed by atoms with Gasteiger partial charge in [0.2, 0.25) is 21.8 Å². The summed E-state index contributed by atoms with van der Waals surface area (Å²) in [5.74, 6) is -1.33. The van der Waals surface area contributed by atoms with Gasteiger partial charge in [0.1, 0.15) is 12.6 Å². The summed E-state index contributed by atoms with van der Waals surface area (Å²) in [4.78, 5) is 27.5. The molecule has 2 rings (SSSR count). The van der Waals surface area contributed by atoms with Crippen LogP contribution in [0.25, 0.3) is 0 Å². The van der Waals surface area contributed by atoms with E-state index in [1.165, 1.54) is 19.1 Å². The Labute approximate surface area is 234 Å². The molecule has 0 spiro atoms. The van der Waals surface area contributed by atoms with Crippen LogP contribution in [0, 0.1) is 0 Å². The van der Waals surface area contributed by atoms with Gasteiger partial charge in [0.05, 0.1) is 32.6 Å². The molecule has 7 nitrogen and oxygen atoms in total. The summed E-state index contributed by atoms with van der Waals surface area (Å²) in [6.45, 7) is 4.07. The highest BCUT2D eigenvalue weighted by Crippen LogP contribution is 2.37. The number of rotatable bonds is 10. The predicted molar refractivity (Wildman–Crippen MR) is 143 cm³/mol. The van der Waals surface area contributed by atoms with E-state index >= 15 is 0 Å². The fourth-order valence-electron chi connectivity index (χ4n) is 3.38. The van der Waals surface area contributed by atoms with E-state index in [0.29, 0.717) is 22.4 Å². The summed E-state index contributed by atoms with van der Waals surface area (Å²) in [6, 6.07) is 5.83. The topological polar surface area (TPSA) is 86.8 Å². The Morgan fingerprint density at radius 1 is 1.00 bits per heavy atom. The van der Waals surface area contributed by atoms with E-state index in [2.05, 4.69) is 5.32 Å². The van der Waals surface area contributed by atoms with Crippen molar-refractivity contribution in [2.75, 3.05) is 17.1 Å². The maximum Gasteiger partial charge on any atom is 0.417 e. The van der Waals surface area contributed by atoms with E-state index in [9.17, 15) is 31.2 Å². The molecule has 210 valence electrons. The summed E-state index contributed by atoms with van der Waals surface area (Å²) >= 11 is 17.7. The van der Waals surface area contributed by atoms with Crippen LogP contribution < -0.4 is 9.62 Å². The molecule has 38 heavy (non-hydrogen) atoms. The quantitative estimate of drug-likeness (QED) is 0.368. The summed E-state index contributed by atoms with van der Waals surface area (Å²) in [6.07, 6.45) is -3.48. The molecule has 0 saturated carbocycles. The molecule has 0 aliphatic carbocycles. The van der Waals surface area contributed by atoms with Crippen molar-refractivity contribution in [1.82, 2.24) is 10.2 Å². The van der Waals surface area contributed by atoms with Crippen LogP contribution in [0.15, 0.2) is 36.4 Å². The third-order valence-electron chi connectivity index (χ3n) is 5.73. The number of anilines is 1. The van der Waals surface area contributed by atoms with Crippen molar-refractivity contribution >= 4 is 62.3 Å². The molecule has 0 radical (unpaired) electrons. The molecule has 2 aromatic carbocycles. The monoisotopic (exact) mass is 615 g/mol. The molecule has 2 atom stereocenters. The van der Waals surface area contributed by atoms with Crippen LogP contribution in [0.3, 0.4) is 0 Å². The molecule has 0 heterocycles. The number of carbonyl (C=O) groups excluding carboxylic acids is 2. The second-order valence-corrected chi connectivity index (χ2v) is 11.8. The first-order valence-corrected chi connectivity index (χ1v) is 14.3. The Hall–Kier alpha value is -2.21. The maximum atomic E-state index is 13.5. The smallest absolute Gasteiger partial charge is 0.352 e. The van der Waals surface area contributed by atoms with Crippen LogP contribution in [0.1, 0.15) is 38.3 Å². The van der Waals surface area contributed by atoms with Gasteiger partial charge >= 0.3 is 6.18 Å². The van der Waals surface area contributed by atoms with Crippen molar-refractivity contribution in [1.29, 1.82) is 0 Å². The number of sulfonamides is 1. The Morgan fingerprint density at radius 2 is 1.61 bits per heavy atom. The molecule has 0 bridgehead atoms. The zero-order valence-electron chi connectivity index (χ0n) is 20.9. The number of nitrogens with one attached hydrogen (secondary N) is 1. The lowest BCUT2D eigenvalue weighted by Gasteiger charge is -2.32. The largest absolute Gasteiger partial charge is 0.417 e. The lowest BCUT2D eigenvalue weighted by Crippen LogP contribution is -2.52. The third kappa shape index (κ3) is 8.39. The number of nitrogens with zero attached hydrogens (tertiary/aromatic N) is 2. The van der Waals surface area contributed by atoms with Gasteiger partial charge in [0.25, 0.3) is 0 Å². The number of benzene rings is 2. The average Bonchev–Trinajstić information content (AvgIpc) is 2.81. The minimum absolute atomic E-state index is 0.156. The van der Waals surface area contributed by atoms with Crippen molar-refractivity contribution in [2.24, 2.45) is 0 Å². The van der Waals surface area contributed by atoms with Crippen molar-refractivity contribution in [3.8, 4) is 0 Å². The molecule has 0 aliphatic rings. The summed E-state index contributed by atoms with van der Waals surface area (Å²) in [5, 5.41) is 2.60. The second kappa shape index (κ2) is 12.8. The van der Waals surface area contributed by atoms with Gasteiger partial charge in [-0.1, -0.05) is 47.8 Å². The molecule has 0 unspecified atom stereocenters. The van der Waals surface area contributed by atoms with Crippen molar-refractivity contribution in [3.63, 3.8) is 0 Å². The van der Waals surface area contributed by atoms with E-state index in [1.807, 2.05) is 6.92 Å². The second-order valence-electron chi connectivity index (χ2n) is 8.70. The molecule has 0 aromatic heterocycles. The van der Waals surface area contributed by atoms with Gasteiger partial charge in [0.15, 0.2) is 0 Å². The Kier molecular flexibility index (Phi) is 10.7. The van der Waals surface area contributed by atoms with Gasteiger partial charge in [-0.15, -0.1) is 0 Å². The standard InChI is InChI=1S/C24H27Cl3F3N3O4S/c1-5-14(2)31-23(35)15(3)32(12-16-6-8-20(26)21(27)10-16)22(34)13-33(38(4,36)37)17-7-9-19(25)18(11-17)24(28,29)30/h6-11,14-15H,5,12-13H2,1-4H3,(H,31,35)/t14-,15+/m1/s1. The van der Waals surface area contributed by atoms with Gasteiger partial charge in [0, 0.05) is 12.6 Å². The molecule has 1 N–H and O–H groups in total. The first kappa shape index (κ1) is 32.0. The maximum absolute atomic E-state index is 13.5. The number of amides is 2.